The van der Waals surface area contributed by atoms with Crippen molar-refractivity contribution in [2.45, 2.75) is 24.9 Å². The number of alkyl halides is 3. The Morgan fingerprint density at radius 1 is 1.13 bits per heavy atom. The molecular weight excluding hydrogens is 421 g/mol. The predicted molar refractivity (Wildman–Crippen MR) is 100 cm³/mol. The second kappa shape index (κ2) is 7.98. The highest BCUT2D eigenvalue weighted by Crippen LogP contribution is 2.31. The van der Waals surface area contributed by atoms with E-state index in [9.17, 15) is 22.8 Å². The van der Waals surface area contributed by atoms with Gasteiger partial charge in [-0.15, -0.1) is 11.3 Å². The van der Waals surface area contributed by atoms with Crippen LogP contribution in [0.15, 0.2) is 41.2 Å². The fourth-order valence-corrected chi connectivity index (χ4v) is 4.15. The number of piperidine rings is 1. The molecule has 3 aromatic heterocycles. The average molecular weight is 436 g/mol. The second-order valence-electron chi connectivity index (χ2n) is 6.76. The molecule has 0 bridgehead atoms. The number of pyridine rings is 1. The van der Waals surface area contributed by atoms with Crippen molar-refractivity contribution in [3.63, 3.8) is 0 Å². The minimum absolute atomic E-state index is 0.0160. The normalized spacial score (nSPS) is 15.4. The number of Topliss-reactive ketones (excluding diaryl/α,β-unsaturated/α-hetero) is 1. The van der Waals surface area contributed by atoms with Crippen molar-refractivity contribution in [3.8, 4) is 11.4 Å². The number of carbonyl (C=O) groups is 2. The standard InChI is InChI=1S/C19H15F3N4O3S/c20-19(21,22)15(27)13-3-4-14(30-13)18(28)26-8-5-11(6-9-26)17-24-16(25-29-17)12-2-1-7-23-10-12/h1-4,7,10-11H,5-6,8-9H2. The van der Waals surface area contributed by atoms with Gasteiger partial charge in [0.25, 0.3) is 11.7 Å². The summed E-state index contributed by atoms with van der Waals surface area (Å²) in [5.41, 5.74) is 0.738. The minimum Gasteiger partial charge on any atom is -0.339 e. The first-order chi connectivity index (χ1) is 14.3. The van der Waals surface area contributed by atoms with Gasteiger partial charge in [-0.05, 0) is 37.1 Å². The van der Waals surface area contributed by atoms with E-state index in [-0.39, 0.29) is 16.7 Å². The Morgan fingerprint density at radius 2 is 1.87 bits per heavy atom. The summed E-state index contributed by atoms with van der Waals surface area (Å²) in [5.74, 6) is -1.42. The molecule has 3 aromatic rings. The Hall–Kier alpha value is -3.08. The van der Waals surface area contributed by atoms with Crippen molar-refractivity contribution in [1.29, 1.82) is 0 Å². The van der Waals surface area contributed by atoms with Gasteiger partial charge in [0, 0.05) is 37.0 Å². The molecule has 1 amide bonds. The summed E-state index contributed by atoms with van der Waals surface area (Å²) in [4.78, 5) is 33.5. The highest BCUT2D eigenvalue weighted by molar-refractivity contribution is 7.16. The van der Waals surface area contributed by atoms with Crippen LogP contribution in [0.1, 0.15) is 44.0 Å². The Morgan fingerprint density at radius 3 is 2.53 bits per heavy atom. The van der Waals surface area contributed by atoms with Crippen LogP contribution in [-0.4, -0.2) is 51.0 Å². The van der Waals surface area contributed by atoms with E-state index < -0.39 is 16.8 Å². The van der Waals surface area contributed by atoms with E-state index in [2.05, 4.69) is 15.1 Å². The first-order valence-corrected chi connectivity index (χ1v) is 9.89. The molecule has 1 fully saturated rings. The van der Waals surface area contributed by atoms with Crippen molar-refractivity contribution >= 4 is 23.0 Å². The number of likely N-dealkylation sites (tertiary alicyclic amines) is 1. The zero-order valence-corrected chi connectivity index (χ0v) is 16.2. The van der Waals surface area contributed by atoms with Gasteiger partial charge in [-0.3, -0.25) is 14.6 Å². The predicted octanol–water partition coefficient (Wildman–Crippen LogP) is 3.96. The van der Waals surface area contributed by atoms with E-state index in [1.165, 1.54) is 6.07 Å². The zero-order valence-electron chi connectivity index (χ0n) is 15.4. The van der Waals surface area contributed by atoms with Gasteiger partial charge in [-0.2, -0.15) is 18.2 Å². The van der Waals surface area contributed by atoms with Crippen LogP contribution in [0.25, 0.3) is 11.4 Å². The molecule has 1 saturated heterocycles. The lowest BCUT2D eigenvalue weighted by molar-refractivity contribution is -0.0882. The van der Waals surface area contributed by atoms with E-state index >= 15 is 0 Å². The van der Waals surface area contributed by atoms with Crippen LogP contribution in [0.4, 0.5) is 13.2 Å². The minimum atomic E-state index is -4.96. The van der Waals surface area contributed by atoms with Crippen LogP contribution in [0.5, 0.6) is 0 Å². The third-order valence-corrected chi connectivity index (χ3v) is 5.86. The maximum absolute atomic E-state index is 12.6. The Balaban J connectivity index is 1.38. The highest BCUT2D eigenvalue weighted by atomic mass is 32.1. The topological polar surface area (TPSA) is 89.2 Å². The van der Waals surface area contributed by atoms with Gasteiger partial charge >= 0.3 is 6.18 Å². The van der Waals surface area contributed by atoms with Gasteiger partial charge < -0.3 is 9.42 Å². The number of amides is 1. The van der Waals surface area contributed by atoms with Crippen molar-refractivity contribution in [2.24, 2.45) is 0 Å². The van der Waals surface area contributed by atoms with E-state index in [0.29, 0.717) is 49.0 Å². The molecule has 4 rings (SSSR count). The van der Waals surface area contributed by atoms with E-state index in [0.717, 1.165) is 11.6 Å². The Labute approximate surface area is 172 Å². The number of hydrogen-bond donors (Lipinski definition) is 0. The van der Waals surface area contributed by atoms with Crippen LogP contribution in [0, 0.1) is 0 Å². The molecule has 30 heavy (non-hydrogen) atoms. The summed E-state index contributed by atoms with van der Waals surface area (Å²) in [7, 11) is 0. The van der Waals surface area contributed by atoms with E-state index in [1.54, 1.807) is 23.4 Å². The van der Waals surface area contributed by atoms with Crippen molar-refractivity contribution in [1.82, 2.24) is 20.0 Å². The molecule has 0 spiro atoms. The molecule has 4 heterocycles. The van der Waals surface area contributed by atoms with Crippen LogP contribution >= 0.6 is 11.3 Å². The average Bonchev–Trinajstić information content (AvgIpc) is 3.43. The second-order valence-corrected chi connectivity index (χ2v) is 7.84. The van der Waals surface area contributed by atoms with Crippen molar-refractivity contribution < 1.29 is 27.3 Å². The molecule has 1 aliphatic rings. The number of carbonyl (C=O) groups excluding carboxylic acids is 2. The summed E-state index contributed by atoms with van der Waals surface area (Å²) in [6, 6.07) is 5.89. The Bertz CT molecular complexity index is 1060. The van der Waals surface area contributed by atoms with Crippen molar-refractivity contribution in [2.75, 3.05) is 13.1 Å². The van der Waals surface area contributed by atoms with E-state index in [1.807, 2.05) is 6.07 Å². The third kappa shape index (κ3) is 4.11. The molecule has 11 heteroatoms. The number of rotatable bonds is 4. The molecule has 0 radical (unpaired) electrons. The number of ketones is 1. The highest BCUT2D eigenvalue weighted by Gasteiger charge is 2.40. The van der Waals surface area contributed by atoms with Gasteiger partial charge in [0.05, 0.1) is 9.75 Å². The molecule has 7 nitrogen and oxygen atoms in total. The summed E-state index contributed by atoms with van der Waals surface area (Å²) < 4.78 is 43.0. The third-order valence-electron chi connectivity index (χ3n) is 4.79. The molecule has 156 valence electrons. The molecule has 0 N–H and O–H groups in total. The monoisotopic (exact) mass is 436 g/mol. The lowest BCUT2D eigenvalue weighted by atomic mass is 9.96. The summed E-state index contributed by atoms with van der Waals surface area (Å²) in [5, 5.41) is 3.97. The first-order valence-electron chi connectivity index (χ1n) is 9.07. The van der Waals surface area contributed by atoms with Gasteiger partial charge in [-0.1, -0.05) is 5.16 Å². The van der Waals surface area contributed by atoms with Crippen LogP contribution in [0.2, 0.25) is 0 Å². The molecule has 1 aliphatic heterocycles. The van der Waals surface area contributed by atoms with Gasteiger partial charge in [0.1, 0.15) is 0 Å². The largest absolute Gasteiger partial charge is 0.455 e. The maximum Gasteiger partial charge on any atom is 0.455 e. The van der Waals surface area contributed by atoms with Gasteiger partial charge in [-0.25, -0.2) is 0 Å². The van der Waals surface area contributed by atoms with E-state index in [4.69, 9.17) is 4.52 Å². The number of hydrogen-bond acceptors (Lipinski definition) is 7. The molecular formula is C19H15F3N4O3S. The van der Waals surface area contributed by atoms with Gasteiger partial charge in [0.2, 0.25) is 11.7 Å². The summed E-state index contributed by atoms with van der Waals surface area (Å²) >= 11 is 0.560. The molecule has 0 aromatic carbocycles. The zero-order chi connectivity index (χ0) is 21.3. The number of aromatic nitrogens is 3. The molecule has 0 aliphatic carbocycles. The lowest BCUT2D eigenvalue weighted by Gasteiger charge is -2.30. The first kappa shape index (κ1) is 20.2. The smallest absolute Gasteiger partial charge is 0.339 e. The summed E-state index contributed by atoms with van der Waals surface area (Å²) in [6.45, 7) is 0.795. The number of halogens is 3. The Kier molecular flexibility index (Phi) is 5.37. The molecule has 0 unspecified atom stereocenters. The van der Waals surface area contributed by atoms with Crippen LogP contribution < -0.4 is 0 Å². The fraction of sp³-hybridized carbons (Fsp3) is 0.316. The molecule has 0 atom stereocenters. The fourth-order valence-electron chi connectivity index (χ4n) is 3.21. The van der Waals surface area contributed by atoms with Gasteiger partial charge in [0.15, 0.2) is 0 Å². The van der Waals surface area contributed by atoms with Crippen molar-refractivity contribution in [3.05, 3.63) is 52.3 Å². The SMILES string of the molecule is O=C(c1ccc(C(=O)C(F)(F)F)s1)N1CCC(c2nc(-c3cccnc3)no2)CC1. The van der Waals surface area contributed by atoms with Crippen LogP contribution in [0.3, 0.4) is 0 Å². The van der Waals surface area contributed by atoms with Crippen LogP contribution in [-0.2, 0) is 0 Å². The maximum atomic E-state index is 12.6. The number of nitrogens with zero attached hydrogens (tertiary/aromatic N) is 4. The lowest BCUT2D eigenvalue weighted by Crippen LogP contribution is -2.37. The quantitative estimate of drug-likeness (QED) is 0.576. The summed E-state index contributed by atoms with van der Waals surface area (Å²) in [6.07, 6.45) is -0.510. The number of thiophene rings is 1. The molecule has 0 saturated carbocycles.